The molecule has 0 fully saturated rings. The van der Waals surface area contributed by atoms with Crippen LogP contribution in [-0.2, 0) is 0 Å². The van der Waals surface area contributed by atoms with Crippen molar-refractivity contribution in [2.75, 3.05) is 0 Å². The Labute approximate surface area is 128 Å². The molecule has 0 aliphatic heterocycles. The van der Waals surface area contributed by atoms with E-state index in [0.29, 0.717) is 10.8 Å². The topological polar surface area (TPSA) is 22.1 Å². The molecule has 0 spiro atoms. The van der Waals surface area contributed by atoms with Crippen LogP contribution in [0.5, 0.6) is 11.6 Å². The predicted molar refractivity (Wildman–Crippen MR) is 78.2 cm³/mol. The zero-order chi connectivity index (χ0) is 13.3. The van der Waals surface area contributed by atoms with Crippen molar-refractivity contribution in [2.45, 2.75) is 6.92 Å². The maximum atomic E-state index is 5.99. The van der Waals surface area contributed by atoms with Crippen LogP contribution in [0.2, 0.25) is 15.2 Å². The molecule has 6 heteroatoms. The molecule has 94 valence electrons. The van der Waals surface area contributed by atoms with Gasteiger partial charge in [-0.05, 0) is 46.6 Å². The van der Waals surface area contributed by atoms with Gasteiger partial charge in [0.25, 0.3) is 0 Å². The molecule has 0 bridgehead atoms. The lowest BCUT2D eigenvalue weighted by atomic mass is 10.2. The van der Waals surface area contributed by atoms with Crippen LogP contribution in [0.3, 0.4) is 0 Å². The SMILES string of the molecule is Cc1ccc(Oc2nc(Cl)c(Cl)cc2Cl)c(Br)c1. The zero-order valence-electron chi connectivity index (χ0n) is 9.18. The highest BCUT2D eigenvalue weighted by atomic mass is 79.9. The first-order valence-electron chi connectivity index (χ1n) is 4.93. The van der Waals surface area contributed by atoms with E-state index < -0.39 is 0 Å². The van der Waals surface area contributed by atoms with Crippen LogP contribution in [0, 0.1) is 6.92 Å². The third-order valence-electron chi connectivity index (χ3n) is 2.15. The molecule has 1 aromatic heterocycles. The number of pyridine rings is 1. The number of benzene rings is 1. The monoisotopic (exact) mass is 365 g/mol. The Bertz CT molecular complexity index is 604. The Hall–Kier alpha value is -0.480. The molecule has 0 aliphatic rings. The molecule has 0 N–H and O–H groups in total. The van der Waals surface area contributed by atoms with Crippen LogP contribution < -0.4 is 4.74 Å². The first-order valence-corrected chi connectivity index (χ1v) is 6.85. The third kappa shape index (κ3) is 3.09. The van der Waals surface area contributed by atoms with Gasteiger partial charge in [-0.2, -0.15) is 4.98 Å². The summed E-state index contributed by atoms with van der Waals surface area (Å²) in [5.74, 6) is 0.823. The molecule has 1 heterocycles. The standard InChI is InChI=1S/C12H7BrCl3NO/c1-6-2-3-10(7(13)4-6)18-12-9(15)5-8(14)11(16)17-12/h2-5H,1H3. The minimum atomic E-state index is 0.152. The van der Waals surface area contributed by atoms with Gasteiger partial charge in [0.05, 0.1) is 9.50 Å². The van der Waals surface area contributed by atoms with Crippen molar-refractivity contribution < 1.29 is 4.74 Å². The molecule has 0 unspecified atom stereocenters. The van der Waals surface area contributed by atoms with Gasteiger partial charge in [0, 0.05) is 0 Å². The maximum Gasteiger partial charge on any atom is 0.239 e. The second kappa shape index (κ2) is 5.66. The zero-order valence-corrected chi connectivity index (χ0v) is 13.0. The molecule has 2 aromatic rings. The van der Waals surface area contributed by atoms with Crippen molar-refractivity contribution >= 4 is 50.7 Å². The van der Waals surface area contributed by atoms with Crippen LogP contribution in [0.15, 0.2) is 28.7 Å². The Morgan fingerprint density at radius 3 is 2.50 bits per heavy atom. The summed E-state index contributed by atoms with van der Waals surface area (Å²) < 4.78 is 6.41. The molecule has 0 aliphatic carbocycles. The molecule has 18 heavy (non-hydrogen) atoms. The number of nitrogens with zero attached hydrogens (tertiary/aromatic N) is 1. The molecule has 0 saturated heterocycles. The lowest BCUT2D eigenvalue weighted by Gasteiger charge is -2.09. The van der Waals surface area contributed by atoms with E-state index in [-0.39, 0.29) is 16.1 Å². The Morgan fingerprint density at radius 2 is 1.83 bits per heavy atom. The average molecular weight is 367 g/mol. The van der Waals surface area contributed by atoms with Gasteiger partial charge in [-0.25, -0.2) is 0 Å². The van der Waals surface area contributed by atoms with Crippen molar-refractivity contribution in [1.29, 1.82) is 0 Å². The van der Waals surface area contributed by atoms with Crippen molar-refractivity contribution in [3.8, 4) is 11.6 Å². The van der Waals surface area contributed by atoms with E-state index in [1.54, 1.807) is 0 Å². The van der Waals surface area contributed by atoms with Crippen molar-refractivity contribution in [3.05, 3.63) is 49.5 Å². The van der Waals surface area contributed by atoms with Gasteiger partial charge in [0.2, 0.25) is 5.88 Å². The highest BCUT2D eigenvalue weighted by Crippen LogP contribution is 2.35. The Kier molecular flexibility index (Phi) is 4.38. The molecule has 0 radical (unpaired) electrons. The fourth-order valence-electron chi connectivity index (χ4n) is 1.29. The molecule has 1 aromatic carbocycles. The van der Waals surface area contributed by atoms with E-state index >= 15 is 0 Å². The Morgan fingerprint density at radius 1 is 1.11 bits per heavy atom. The summed E-state index contributed by atoms with van der Waals surface area (Å²) in [6.07, 6.45) is 0. The fraction of sp³-hybridized carbons (Fsp3) is 0.0833. The van der Waals surface area contributed by atoms with Crippen LogP contribution in [-0.4, -0.2) is 4.98 Å². The smallest absolute Gasteiger partial charge is 0.239 e. The summed E-state index contributed by atoms with van der Waals surface area (Å²) in [5, 5.41) is 0.744. The van der Waals surface area contributed by atoms with Crippen molar-refractivity contribution in [1.82, 2.24) is 4.98 Å². The van der Waals surface area contributed by atoms with E-state index in [9.17, 15) is 0 Å². The van der Waals surface area contributed by atoms with Gasteiger partial charge < -0.3 is 4.74 Å². The summed E-state index contributed by atoms with van der Waals surface area (Å²) >= 11 is 21.0. The summed E-state index contributed by atoms with van der Waals surface area (Å²) in [4.78, 5) is 3.99. The number of aryl methyl sites for hydroxylation is 1. The number of rotatable bonds is 2. The number of hydrogen-bond donors (Lipinski definition) is 0. The molecular weight excluding hydrogens is 360 g/mol. The highest BCUT2D eigenvalue weighted by Gasteiger charge is 2.11. The van der Waals surface area contributed by atoms with Crippen LogP contribution in [0.1, 0.15) is 5.56 Å². The lowest BCUT2D eigenvalue weighted by Crippen LogP contribution is -1.91. The van der Waals surface area contributed by atoms with E-state index in [1.807, 2.05) is 25.1 Å². The molecule has 0 saturated carbocycles. The highest BCUT2D eigenvalue weighted by molar-refractivity contribution is 9.10. The van der Waals surface area contributed by atoms with Gasteiger partial charge in [-0.15, -0.1) is 0 Å². The number of aromatic nitrogens is 1. The quantitative estimate of drug-likeness (QED) is 0.616. The first-order chi connectivity index (χ1) is 8.47. The largest absolute Gasteiger partial charge is 0.436 e. The molecule has 0 amide bonds. The Balaban J connectivity index is 2.37. The summed E-state index contributed by atoms with van der Waals surface area (Å²) in [6.45, 7) is 1.99. The summed E-state index contributed by atoms with van der Waals surface area (Å²) in [5.41, 5.74) is 1.11. The van der Waals surface area contributed by atoms with Crippen molar-refractivity contribution in [3.63, 3.8) is 0 Å². The normalized spacial score (nSPS) is 10.5. The predicted octanol–water partition coefficient (Wildman–Crippen LogP) is 5.91. The van der Waals surface area contributed by atoms with Gasteiger partial charge >= 0.3 is 0 Å². The number of ether oxygens (including phenoxy) is 1. The second-order valence-corrected chi connectivity index (χ2v) is 5.61. The maximum absolute atomic E-state index is 5.99. The van der Waals surface area contributed by atoms with Gasteiger partial charge in [0.15, 0.2) is 5.15 Å². The first kappa shape index (κ1) is 13.9. The summed E-state index contributed by atoms with van der Waals surface area (Å²) in [7, 11) is 0. The summed E-state index contributed by atoms with van der Waals surface area (Å²) in [6, 6.07) is 7.17. The molecular formula is C12H7BrCl3NO. The van der Waals surface area contributed by atoms with Gasteiger partial charge in [-0.1, -0.05) is 40.9 Å². The van der Waals surface area contributed by atoms with Crippen LogP contribution in [0.4, 0.5) is 0 Å². The van der Waals surface area contributed by atoms with E-state index in [1.165, 1.54) is 6.07 Å². The minimum absolute atomic E-state index is 0.152. The number of hydrogen-bond acceptors (Lipinski definition) is 2. The fourth-order valence-corrected chi connectivity index (χ4v) is 2.40. The van der Waals surface area contributed by atoms with E-state index in [2.05, 4.69) is 20.9 Å². The van der Waals surface area contributed by atoms with Gasteiger partial charge in [0.1, 0.15) is 10.8 Å². The van der Waals surface area contributed by atoms with Crippen LogP contribution in [0.25, 0.3) is 0 Å². The van der Waals surface area contributed by atoms with Gasteiger partial charge in [-0.3, -0.25) is 0 Å². The number of halogens is 4. The van der Waals surface area contributed by atoms with E-state index in [4.69, 9.17) is 39.5 Å². The molecule has 0 atom stereocenters. The molecule has 2 rings (SSSR count). The lowest BCUT2D eigenvalue weighted by molar-refractivity contribution is 0.460. The van der Waals surface area contributed by atoms with Crippen LogP contribution >= 0.6 is 50.7 Å². The minimum Gasteiger partial charge on any atom is -0.436 e. The van der Waals surface area contributed by atoms with E-state index in [0.717, 1.165) is 10.0 Å². The second-order valence-electron chi connectivity index (χ2n) is 3.58. The molecule has 2 nitrogen and oxygen atoms in total. The third-order valence-corrected chi connectivity index (χ3v) is 3.71. The average Bonchev–Trinajstić information content (AvgIpc) is 2.29. The van der Waals surface area contributed by atoms with Crippen molar-refractivity contribution in [2.24, 2.45) is 0 Å².